The van der Waals surface area contributed by atoms with Gasteiger partial charge >= 0.3 is 0 Å². The Morgan fingerprint density at radius 2 is 2.00 bits per heavy atom. The first-order valence-electron chi connectivity index (χ1n) is 6.90. The fourth-order valence-electron chi connectivity index (χ4n) is 1.64. The monoisotopic (exact) mass is 247 g/mol. The Balaban J connectivity index is 2.20. The van der Waals surface area contributed by atoms with Crippen LogP contribution in [0.4, 0.5) is 0 Å². The number of unbranched alkanes of at least 4 members (excludes halogenated alkanes) is 2. The molecule has 18 heavy (non-hydrogen) atoms. The molecule has 0 amide bonds. The van der Waals surface area contributed by atoms with E-state index < -0.39 is 0 Å². The van der Waals surface area contributed by atoms with Crippen LogP contribution in [0.3, 0.4) is 0 Å². The smallest absolute Gasteiger partial charge is 0.119 e. The molecular weight excluding hydrogens is 222 g/mol. The summed E-state index contributed by atoms with van der Waals surface area (Å²) in [7, 11) is 0. The van der Waals surface area contributed by atoms with Gasteiger partial charge in [0.2, 0.25) is 0 Å². The predicted octanol–water partition coefficient (Wildman–Crippen LogP) is 3.92. The summed E-state index contributed by atoms with van der Waals surface area (Å²) < 4.78 is 5.63. The van der Waals surface area contributed by atoms with E-state index in [1.807, 2.05) is 6.08 Å². The number of benzene rings is 1. The Morgan fingerprint density at radius 1 is 1.22 bits per heavy atom. The first-order valence-corrected chi connectivity index (χ1v) is 6.90. The molecule has 2 heteroatoms. The van der Waals surface area contributed by atoms with Crippen molar-refractivity contribution in [2.24, 2.45) is 0 Å². The second kappa shape index (κ2) is 9.72. The molecule has 0 spiro atoms. The predicted molar refractivity (Wildman–Crippen MR) is 78.0 cm³/mol. The largest absolute Gasteiger partial charge is 0.494 e. The van der Waals surface area contributed by atoms with Crippen molar-refractivity contribution < 1.29 is 4.74 Å². The van der Waals surface area contributed by atoms with Crippen molar-refractivity contribution in [3.63, 3.8) is 0 Å². The second-order valence-corrected chi connectivity index (χ2v) is 4.45. The molecule has 0 unspecified atom stereocenters. The highest BCUT2D eigenvalue weighted by Gasteiger charge is 1.95. The third kappa shape index (κ3) is 6.45. The lowest BCUT2D eigenvalue weighted by molar-refractivity contribution is 0.309. The molecule has 0 aliphatic heterocycles. The molecule has 2 nitrogen and oxygen atoms in total. The molecule has 0 saturated carbocycles. The van der Waals surface area contributed by atoms with Crippen LogP contribution < -0.4 is 10.1 Å². The third-order valence-corrected chi connectivity index (χ3v) is 2.78. The first kappa shape index (κ1) is 14.8. The van der Waals surface area contributed by atoms with Gasteiger partial charge in [0.1, 0.15) is 5.75 Å². The van der Waals surface area contributed by atoms with E-state index in [0.29, 0.717) is 0 Å². The zero-order chi connectivity index (χ0) is 13.1. The molecular formula is C16H25NO. The molecule has 1 aromatic rings. The molecule has 0 heterocycles. The molecule has 0 aliphatic rings. The minimum Gasteiger partial charge on any atom is -0.494 e. The number of allylic oxidation sites excluding steroid dienone is 1. The molecule has 0 fully saturated rings. The number of nitrogens with one attached hydrogen (secondary N) is 1. The molecule has 0 aromatic heterocycles. The summed E-state index contributed by atoms with van der Waals surface area (Å²) in [4.78, 5) is 0. The van der Waals surface area contributed by atoms with Crippen LogP contribution >= 0.6 is 0 Å². The van der Waals surface area contributed by atoms with Crippen LogP contribution in [0.25, 0.3) is 0 Å². The topological polar surface area (TPSA) is 21.3 Å². The van der Waals surface area contributed by atoms with Crippen LogP contribution in [0.1, 0.15) is 38.2 Å². The van der Waals surface area contributed by atoms with Gasteiger partial charge in [-0.3, -0.25) is 0 Å². The number of ether oxygens (including phenoxy) is 1. The average Bonchev–Trinajstić information content (AvgIpc) is 2.40. The fraction of sp³-hybridized carbons (Fsp3) is 0.500. The molecule has 1 aromatic carbocycles. The van der Waals surface area contributed by atoms with E-state index in [1.165, 1.54) is 12.0 Å². The van der Waals surface area contributed by atoms with E-state index in [4.69, 9.17) is 4.74 Å². The number of hydrogen-bond acceptors (Lipinski definition) is 2. The standard InChI is InChI=1S/C16H25NO/c1-3-5-7-12-17-14-15-8-10-16(11-9-15)18-13-6-4-2/h3,8-11,17H,1,4-7,12-14H2,2H3. The van der Waals surface area contributed by atoms with Gasteiger partial charge in [0, 0.05) is 6.54 Å². The minimum atomic E-state index is 0.815. The zero-order valence-corrected chi connectivity index (χ0v) is 11.5. The lowest BCUT2D eigenvalue weighted by Crippen LogP contribution is -2.14. The van der Waals surface area contributed by atoms with Gasteiger partial charge in [-0.05, 0) is 43.5 Å². The Kier molecular flexibility index (Phi) is 7.98. The van der Waals surface area contributed by atoms with Gasteiger partial charge in [-0.1, -0.05) is 31.6 Å². The van der Waals surface area contributed by atoms with E-state index >= 15 is 0 Å². The van der Waals surface area contributed by atoms with Crippen LogP contribution in [0.5, 0.6) is 5.75 Å². The van der Waals surface area contributed by atoms with Crippen molar-refractivity contribution in [3.8, 4) is 5.75 Å². The number of hydrogen-bond donors (Lipinski definition) is 1. The Bertz CT molecular complexity index is 318. The summed E-state index contributed by atoms with van der Waals surface area (Å²) in [6.07, 6.45) is 6.49. The maximum atomic E-state index is 5.63. The quantitative estimate of drug-likeness (QED) is 0.500. The Morgan fingerprint density at radius 3 is 2.67 bits per heavy atom. The molecule has 100 valence electrons. The number of rotatable bonds is 10. The van der Waals surface area contributed by atoms with Crippen LogP contribution in [-0.4, -0.2) is 13.2 Å². The van der Waals surface area contributed by atoms with E-state index in [-0.39, 0.29) is 0 Å². The molecule has 1 N–H and O–H groups in total. The maximum absolute atomic E-state index is 5.63. The van der Waals surface area contributed by atoms with Crippen molar-refractivity contribution in [3.05, 3.63) is 42.5 Å². The molecule has 0 aliphatic carbocycles. The van der Waals surface area contributed by atoms with Crippen LogP contribution in [-0.2, 0) is 6.54 Å². The molecule has 0 bridgehead atoms. The lowest BCUT2D eigenvalue weighted by Gasteiger charge is -2.07. The van der Waals surface area contributed by atoms with Crippen molar-refractivity contribution in [2.75, 3.05) is 13.2 Å². The lowest BCUT2D eigenvalue weighted by atomic mass is 10.2. The highest BCUT2D eigenvalue weighted by Crippen LogP contribution is 2.12. The summed E-state index contributed by atoms with van der Waals surface area (Å²) >= 11 is 0. The van der Waals surface area contributed by atoms with Gasteiger partial charge in [-0.15, -0.1) is 6.58 Å². The molecule has 0 saturated heterocycles. The van der Waals surface area contributed by atoms with Gasteiger partial charge in [0.15, 0.2) is 0 Å². The zero-order valence-electron chi connectivity index (χ0n) is 11.5. The van der Waals surface area contributed by atoms with Crippen LogP contribution in [0, 0.1) is 0 Å². The molecule has 0 radical (unpaired) electrons. The van der Waals surface area contributed by atoms with Gasteiger partial charge in [-0.25, -0.2) is 0 Å². The van der Waals surface area contributed by atoms with Crippen molar-refractivity contribution in [1.82, 2.24) is 5.32 Å². The first-order chi connectivity index (χ1) is 8.86. The van der Waals surface area contributed by atoms with Gasteiger partial charge in [-0.2, -0.15) is 0 Å². The Labute approximate surface area is 111 Å². The van der Waals surface area contributed by atoms with Gasteiger partial charge < -0.3 is 10.1 Å². The van der Waals surface area contributed by atoms with Crippen molar-refractivity contribution in [1.29, 1.82) is 0 Å². The SMILES string of the molecule is C=CCCCNCc1ccc(OCCCC)cc1. The molecule has 1 rings (SSSR count). The average molecular weight is 247 g/mol. The van der Waals surface area contributed by atoms with E-state index in [0.717, 1.165) is 44.7 Å². The van der Waals surface area contributed by atoms with E-state index in [1.54, 1.807) is 0 Å². The van der Waals surface area contributed by atoms with Gasteiger partial charge in [0.05, 0.1) is 6.61 Å². The summed E-state index contributed by atoms with van der Waals surface area (Å²) in [6.45, 7) is 8.67. The minimum absolute atomic E-state index is 0.815. The summed E-state index contributed by atoms with van der Waals surface area (Å²) in [5, 5.41) is 3.42. The normalized spacial score (nSPS) is 10.3. The molecule has 0 atom stereocenters. The summed E-state index contributed by atoms with van der Waals surface area (Å²) in [6, 6.07) is 8.36. The maximum Gasteiger partial charge on any atom is 0.119 e. The third-order valence-electron chi connectivity index (χ3n) is 2.78. The highest BCUT2D eigenvalue weighted by molar-refractivity contribution is 5.27. The summed E-state index contributed by atoms with van der Waals surface area (Å²) in [5.74, 6) is 0.971. The van der Waals surface area contributed by atoms with E-state index in [2.05, 4.69) is 43.1 Å². The van der Waals surface area contributed by atoms with E-state index in [9.17, 15) is 0 Å². The highest BCUT2D eigenvalue weighted by atomic mass is 16.5. The summed E-state index contributed by atoms with van der Waals surface area (Å²) in [5.41, 5.74) is 1.30. The van der Waals surface area contributed by atoms with Crippen LogP contribution in [0.15, 0.2) is 36.9 Å². The Hall–Kier alpha value is -1.28. The van der Waals surface area contributed by atoms with Crippen LogP contribution in [0.2, 0.25) is 0 Å². The van der Waals surface area contributed by atoms with Gasteiger partial charge in [0.25, 0.3) is 0 Å². The van der Waals surface area contributed by atoms with Crippen molar-refractivity contribution in [2.45, 2.75) is 39.2 Å². The van der Waals surface area contributed by atoms with Crippen molar-refractivity contribution >= 4 is 0 Å². The second-order valence-electron chi connectivity index (χ2n) is 4.45. The fourth-order valence-corrected chi connectivity index (χ4v) is 1.64.